The first-order chi connectivity index (χ1) is 12.3. The Kier molecular flexibility index (Phi) is 4.39. The average Bonchev–Trinajstić information content (AvgIpc) is 3.14. The van der Waals surface area contributed by atoms with Crippen molar-refractivity contribution < 1.29 is 19.0 Å². The third-order valence-corrected chi connectivity index (χ3v) is 4.23. The highest BCUT2D eigenvalue weighted by Crippen LogP contribution is 2.32. The van der Waals surface area contributed by atoms with Crippen molar-refractivity contribution in [2.24, 2.45) is 0 Å². The molecule has 7 heteroatoms. The number of carbonyl (C=O) groups excluding carboxylic acids is 1. The molecule has 130 valence electrons. The third kappa shape index (κ3) is 3.36. The number of anilines is 1. The van der Waals surface area contributed by atoms with Crippen LogP contribution in [0.25, 0.3) is 0 Å². The molecule has 1 amide bonds. The van der Waals surface area contributed by atoms with E-state index in [1.165, 1.54) is 0 Å². The summed E-state index contributed by atoms with van der Waals surface area (Å²) in [6.45, 7) is 3.42. The van der Waals surface area contributed by atoms with Crippen LogP contribution in [0.3, 0.4) is 0 Å². The van der Waals surface area contributed by atoms with Gasteiger partial charge in [0.1, 0.15) is 5.82 Å². The number of nitrogens with one attached hydrogen (secondary N) is 1. The minimum Gasteiger partial charge on any atom is -0.454 e. The Morgan fingerprint density at radius 2 is 2.00 bits per heavy atom. The van der Waals surface area contributed by atoms with Gasteiger partial charge in [-0.3, -0.25) is 4.79 Å². The summed E-state index contributed by atoms with van der Waals surface area (Å²) in [4.78, 5) is 19.1. The van der Waals surface area contributed by atoms with E-state index in [4.69, 9.17) is 14.2 Å². The van der Waals surface area contributed by atoms with Crippen LogP contribution in [0.4, 0.5) is 5.82 Å². The number of hydrogen-bond donors (Lipinski definition) is 1. The Labute approximate surface area is 145 Å². The molecule has 2 aliphatic heterocycles. The number of pyridine rings is 1. The zero-order chi connectivity index (χ0) is 17.1. The van der Waals surface area contributed by atoms with E-state index in [0.29, 0.717) is 36.9 Å². The first kappa shape index (κ1) is 15.7. The Bertz CT molecular complexity index is 775. The van der Waals surface area contributed by atoms with Crippen LogP contribution in [0.15, 0.2) is 36.5 Å². The molecule has 0 saturated carbocycles. The lowest BCUT2D eigenvalue weighted by molar-refractivity contribution is 0.0949. The maximum atomic E-state index is 12.7. The molecule has 2 aliphatic rings. The second-order valence-corrected chi connectivity index (χ2v) is 5.84. The fourth-order valence-corrected chi connectivity index (χ4v) is 2.93. The molecule has 7 nitrogen and oxygen atoms in total. The van der Waals surface area contributed by atoms with Crippen LogP contribution >= 0.6 is 0 Å². The number of ether oxygens (including phenoxy) is 3. The van der Waals surface area contributed by atoms with E-state index >= 15 is 0 Å². The molecule has 1 N–H and O–H groups in total. The molecular formula is C18H19N3O4. The van der Waals surface area contributed by atoms with E-state index in [2.05, 4.69) is 15.2 Å². The summed E-state index contributed by atoms with van der Waals surface area (Å²) >= 11 is 0. The first-order valence-corrected chi connectivity index (χ1v) is 8.26. The molecule has 0 spiro atoms. The number of rotatable bonds is 4. The first-order valence-electron chi connectivity index (χ1n) is 8.26. The lowest BCUT2D eigenvalue weighted by Crippen LogP contribution is -2.38. The molecule has 0 atom stereocenters. The summed E-state index contributed by atoms with van der Waals surface area (Å²) in [6, 6.07) is 9.23. The van der Waals surface area contributed by atoms with Crippen molar-refractivity contribution >= 4 is 11.7 Å². The van der Waals surface area contributed by atoms with Crippen LogP contribution in [-0.4, -0.2) is 44.0 Å². The second kappa shape index (κ2) is 6.98. The highest BCUT2D eigenvalue weighted by atomic mass is 16.7. The number of hydrogen-bond acceptors (Lipinski definition) is 6. The molecule has 0 bridgehead atoms. The summed E-state index contributed by atoms with van der Waals surface area (Å²) in [5, 5.41) is 2.95. The SMILES string of the molecule is O=C(NCc1ccc2c(c1)OCO2)c1cccnc1N1CCOCC1. The van der Waals surface area contributed by atoms with Gasteiger partial charge in [-0.05, 0) is 29.8 Å². The van der Waals surface area contributed by atoms with Gasteiger partial charge in [-0.1, -0.05) is 6.07 Å². The van der Waals surface area contributed by atoms with Gasteiger partial charge in [0, 0.05) is 25.8 Å². The van der Waals surface area contributed by atoms with Crippen LogP contribution in [0.5, 0.6) is 11.5 Å². The maximum absolute atomic E-state index is 12.7. The van der Waals surface area contributed by atoms with Crippen LogP contribution < -0.4 is 19.7 Å². The Morgan fingerprint density at radius 3 is 2.88 bits per heavy atom. The summed E-state index contributed by atoms with van der Waals surface area (Å²) in [7, 11) is 0. The van der Waals surface area contributed by atoms with Crippen molar-refractivity contribution in [1.82, 2.24) is 10.3 Å². The smallest absolute Gasteiger partial charge is 0.255 e. The van der Waals surface area contributed by atoms with Crippen molar-refractivity contribution in [3.8, 4) is 11.5 Å². The number of amides is 1. The number of carbonyl (C=O) groups is 1. The largest absolute Gasteiger partial charge is 0.454 e. The monoisotopic (exact) mass is 341 g/mol. The average molecular weight is 341 g/mol. The molecule has 3 heterocycles. The van der Waals surface area contributed by atoms with E-state index in [-0.39, 0.29) is 12.7 Å². The molecule has 0 aliphatic carbocycles. The molecular weight excluding hydrogens is 322 g/mol. The standard InChI is InChI=1S/C18H19N3O4/c22-18(20-11-13-3-4-15-16(10-13)25-12-24-15)14-2-1-5-19-17(14)21-6-8-23-9-7-21/h1-5,10H,6-9,11-12H2,(H,20,22). The third-order valence-electron chi connectivity index (χ3n) is 4.23. The number of nitrogens with zero attached hydrogens (tertiary/aromatic N) is 2. The predicted molar refractivity (Wildman–Crippen MR) is 91.0 cm³/mol. The lowest BCUT2D eigenvalue weighted by atomic mass is 10.1. The molecule has 2 aromatic rings. The molecule has 25 heavy (non-hydrogen) atoms. The van der Waals surface area contributed by atoms with E-state index in [1.807, 2.05) is 18.2 Å². The number of aromatic nitrogens is 1. The zero-order valence-corrected chi connectivity index (χ0v) is 13.7. The summed E-state index contributed by atoms with van der Waals surface area (Å²) in [5.74, 6) is 2.00. The lowest BCUT2D eigenvalue weighted by Gasteiger charge is -2.29. The molecule has 1 fully saturated rings. The van der Waals surface area contributed by atoms with E-state index < -0.39 is 0 Å². The molecule has 4 rings (SSSR count). The van der Waals surface area contributed by atoms with Crippen LogP contribution in [-0.2, 0) is 11.3 Å². The topological polar surface area (TPSA) is 72.9 Å². The summed E-state index contributed by atoms with van der Waals surface area (Å²) < 4.78 is 16.0. The Hall–Kier alpha value is -2.80. The number of fused-ring (bicyclic) bond motifs is 1. The minimum absolute atomic E-state index is 0.146. The Morgan fingerprint density at radius 1 is 1.16 bits per heavy atom. The van der Waals surface area contributed by atoms with Gasteiger partial charge < -0.3 is 24.4 Å². The van der Waals surface area contributed by atoms with Crippen LogP contribution in [0, 0.1) is 0 Å². The normalized spacial score (nSPS) is 15.9. The van der Waals surface area contributed by atoms with Crippen LogP contribution in [0.1, 0.15) is 15.9 Å². The quantitative estimate of drug-likeness (QED) is 0.910. The minimum atomic E-state index is -0.146. The summed E-state index contributed by atoms with van der Waals surface area (Å²) in [6.07, 6.45) is 1.71. The maximum Gasteiger partial charge on any atom is 0.255 e. The van der Waals surface area contributed by atoms with E-state index in [9.17, 15) is 4.79 Å². The van der Waals surface area contributed by atoms with Gasteiger partial charge in [0.05, 0.1) is 18.8 Å². The fraction of sp³-hybridized carbons (Fsp3) is 0.333. The van der Waals surface area contributed by atoms with E-state index in [0.717, 1.165) is 24.4 Å². The van der Waals surface area contributed by atoms with Gasteiger partial charge in [-0.2, -0.15) is 0 Å². The van der Waals surface area contributed by atoms with Crippen molar-refractivity contribution in [2.75, 3.05) is 38.0 Å². The molecule has 0 radical (unpaired) electrons. The molecule has 1 aromatic heterocycles. The Balaban J connectivity index is 1.46. The zero-order valence-electron chi connectivity index (χ0n) is 13.7. The molecule has 1 aromatic carbocycles. The summed E-state index contributed by atoms with van der Waals surface area (Å²) in [5.41, 5.74) is 1.53. The molecule has 1 saturated heterocycles. The number of morpholine rings is 1. The number of benzene rings is 1. The highest BCUT2D eigenvalue weighted by Gasteiger charge is 2.20. The van der Waals surface area contributed by atoms with Gasteiger partial charge in [0.15, 0.2) is 11.5 Å². The predicted octanol–water partition coefficient (Wildman–Crippen LogP) is 1.58. The molecule has 0 unspecified atom stereocenters. The van der Waals surface area contributed by atoms with Gasteiger partial charge in [0.25, 0.3) is 5.91 Å². The second-order valence-electron chi connectivity index (χ2n) is 5.84. The van der Waals surface area contributed by atoms with Crippen molar-refractivity contribution in [2.45, 2.75) is 6.54 Å². The van der Waals surface area contributed by atoms with Crippen molar-refractivity contribution in [3.05, 3.63) is 47.7 Å². The van der Waals surface area contributed by atoms with Gasteiger partial charge >= 0.3 is 0 Å². The van der Waals surface area contributed by atoms with E-state index in [1.54, 1.807) is 18.3 Å². The van der Waals surface area contributed by atoms with Gasteiger partial charge in [0.2, 0.25) is 6.79 Å². The van der Waals surface area contributed by atoms with Crippen LogP contribution in [0.2, 0.25) is 0 Å². The van der Waals surface area contributed by atoms with Gasteiger partial charge in [-0.25, -0.2) is 4.98 Å². The highest BCUT2D eigenvalue weighted by molar-refractivity contribution is 5.98. The van der Waals surface area contributed by atoms with Crippen molar-refractivity contribution in [1.29, 1.82) is 0 Å². The fourth-order valence-electron chi connectivity index (χ4n) is 2.93. The van der Waals surface area contributed by atoms with Crippen molar-refractivity contribution in [3.63, 3.8) is 0 Å². The van der Waals surface area contributed by atoms with Gasteiger partial charge in [-0.15, -0.1) is 0 Å².